The smallest absolute Gasteiger partial charge is 0.122 e. The number of nitrogens with one attached hydrogen (secondary N) is 1. The van der Waals surface area contributed by atoms with E-state index in [2.05, 4.69) is 5.43 Å². The van der Waals surface area contributed by atoms with Gasteiger partial charge >= 0.3 is 0 Å². The first-order valence-corrected chi connectivity index (χ1v) is 5.84. The molecule has 0 fully saturated rings. The maximum absolute atomic E-state index is 5.92. The molecule has 1 aromatic rings. The largest absolute Gasteiger partial charge is 0.497 e. The van der Waals surface area contributed by atoms with E-state index in [4.69, 9.17) is 27.9 Å². The molecule has 90 valence electrons. The van der Waals surface area contributed by atoms with E-state index in [1.54, 1.807) is 19.4 Å². The van der Waals surface area contributed by atoms with Gasteiger partial charge in [-0.1, -0.05) is 35.3 Å². The predicted octanol–water partition coefficient (Wildman–Crippen LogP) is 3.18. The van der Waals surface area contributed by atoms with E-state index in [0.29, 0.717) is 16.7 Å². The van der Waals surface area contributed by atoms with Crippen LogP contribution >= 0.6 is 23.2 Å². The van der Waals surface area contributed by atoms with Crippen molar-refractivity contribution >= 4 is 23.2 Å². The van der Waals surface area contributed by atoms with Crippen molar-refractivity contribution in [3.8, 4) is 5.75 Å². The lowest BCUT2D eigenvalue weighted by Gasteiger charge is -2.25. The van der Waals surface area contributed by atoms with Crippen molar-refractivity contribution in [1.29, 1.82) is 0 Å². The lowest BCUT2D eigenvalue weighted by atomic mass is 10.2. The first kappa shape index (κ1) is 12.1. The summed E-state index contributed by atoms with van der Waals surface area (Å²) in [5, 5.41) is 2.93. The summed E-state index contributed by atoms with van der Waals surface area (Å²) in [6, 6.07) is 7.83. The summed E-state index contributed by atoms with van der Waals surface area (Å²) in [6.45, 7) is 0.671. The molecule has 0 aromatic heterocycles. The number of halogens is 2. The van der Waals surface area contributed by atoms with Gasteiger partial charge in [-0.15, -0.1) is 0 Å². The SMILES string of the molecule is COc1ccc(CN2C=C(Cl)C=C(Cl)N2)cc1. The van der Waals surface area contributed by atoms with Crippen LogP contribution in [0.25, 0.3) is 0 Å². The highest BCUT2D eigenvalue weighted by Gasteiger charge is 2.08. The molecule has 0 amide bonds. The van der Waals surface area contributed by atoms with Crippen LogP contribution in [0.2, 0.25) is 0 Å². The molecule has 0 radical (unpaired) electrons. The van der Waals surface area contributed by atoms with Gasteiger partial charge in [0, 0.05) is 6.20 Å². The van der Waals surface area contributed by atoms with Crippen LogP contribution in [0.3, 0.4) is 0 Å². The molecule has 0 saturated heterocycles. The van der Waals surface area contributed by atoms with Crippen molar-refractivity contribution in [2.45, 2.75) is 6.54 Å². The number of ether oxygens (including phenoxy) is 1. The third-order valence-electron chi connectivity index (χ3n) is 2.31. The fraction of sp³-hybridized carbons (Fsp3) is 0.167. The van der Waals surface area contributed by atoms with E-state index < -0.39 is 0 Å². The van der Waals surface area contributed by atoms with Crippen molar-refractivity contribution < 1.29 is 4.74 Å². The van der Waals surface area contributed by atoms with Crippen molar-refractivity contribution in [2.75, 3.05) is 7.11 Å². The first-order chi connectivity index (χ1) is 8.17. The van der Waals surface area contributed by atoms with Crippen LogP contribution in [0.15, 0.2) is 46.7 Å². The van der Waals surface area contributed by atoms with Crippen LogP contribution in [0.5, 0.6) is 5.75 Å². The van der Waals surface area contributed by atoms with E-state index in [1.807, 2.05) is 29.3 Å². The fourth-order valence-electron chi connectivity index (χ4n) is 1.52. The molecule has 0 saturated carbocycles. The van der Waals surface area contributed by atoms with E-state index in [9.17, 15) is 0 Å². The average Bonchev–Trinajstić information content (AvgIpc) is 2.28. The summed E-state index contributed by atoms with van der Waals surface area (Å²) in [5.74, 6) is 0.840. The number of rotatable bonds is 3. The van der Waals surface area contributed by atoms with Crippen LogP contribution < -0.4 is 10.2 Å². The molecular formula is C12H12Cl2N2O. The first-order valence-electron chi connectivity index (χ1n) is 5.08. The molecule has 1 aliphatic rings. The maximum Gasteiger partial charge on any atom is 0.122 e. The summed E-state index contributed by atoms with van der Waals surface area (Å²) >= 11 is 11.8. The second-order valence-corrected chi connectivity index (χ2v) is 4.44. The van der Waals surface area contributed by atoms with Crippen molar-refractivity contribution in [3.05, 3.63) is 52.3 Å². The molecule has 5 heteroatoms. The van der Waals surface area contributed by atoms with Crippen molar-refractivity contribution in [3.63, 3.8) is 0 Å². The minimum atomic E-state index is 0.506. The predicted molar refractivity (Wildman–Crippen MR) is 69.5 cm³/mol. The number of hydrogen-bond donors (Lipinski definition) is 1. The minimum Gasteiger partial charge on any atom is -0.497 e. The highest BCUT2D eigenvalue weighted by atomic mass is 35.5. The molecule has 0 bridgehead atoms. The molecular weight excluding hydrogens is 259 g/mol. The zero-order valence-corrected chi connectivity index (χ0v) is 10.8. The molecule has 0 spiro atoms. The highest BCUT2D eigenvalue weighted by Crippen LogP contribution is 2.18. The summed E-state index contributed by atoms with van der Waals surface area (Å²) in [4.78, 5) is 0. The van der Waals surface area contributed by atoms with Crippen molar-refractivity contribution in [1.82, 2.24) is 10.4 Å². The number of methoxy groups -OCH3 is 1. The normalized spacial score (nSPS) is 14.9. The lowest BCUT2D eigenvalue weighted by Crippen LogP contribution is -2.32. The summed E-state index contributed by atoms with van der Waals surface area (Å²) in [5.41, 5.74) is 4.12. The van der Waals surface area contributed by atoms with Gasteiger partial charge in [0.2, 0.25) is 0 Å². The molecule has 0 unspecified atom stereocenters. The Bertz CT molecular complexity index is 454. The number of nitrogens with zero attached hydrogens (tertiary/aromatic N) is 1. The standard InChI is InChI=1S/C12H12Cl2N2O/c1-17-11-4-2-9(3-5-11)7-16-8-10(13)6-12(14)15-16/h2-6,8,15H,7H2,1H3. The molecule has 17 heavy (non-hydrogen) atoms. The van der Waals surface area contributed by atoms with E-state index in [1.165, 1.54) is 0 Å². The third kappa shape index (κ3) is 3.32. The monoisotopic (exact) mass is 270 g/mol. The van der Waals surface area contributed by atoms with Gasteiger partial charge in [-0.2, -0.15) is 0 Å². The molecule has 0 atom stereocenters. The summed E-state index contributed by atoms with van der Waals surface area (Å²) in [6.07, 6.45) is 3.45. The van der Waals surface area contributed by atoms with Crippen LogP contribution in [-0.2, 0) is 6.54 Å². The molecule has 3 nitrogen and oxygen atoms in total. The Morgan fingerprint density at radius 3 is 2.53 bits per heavy atom. The number of hydrogen-bond acceptors (Lipinski definition) is 3. The topological polar surface area (TPSA) is 24.5 Å². The summed E-state index contributed by atoms with van der Waals surface area (Å²) in [7, 11) is 1.65. The van der Waals surface area contributed by atoms with E-state index in [-0.39, 0.29) is 0 Å². The van der Waals surface area contributed by atoms with Crippen LogP contribution in [0.1, 0.15) is 5.56 Å². The van der Waals surface area contributed by atoms with Gasteiger partial charge in [-0.3, -0.25) is 10.4 Å². The highest BCUT2D eigenvalue weighted by molar-refractivity contribution is 6.34. The van der Waals surface area contributed by atoms with Crippen molar-refractivity contribution in [2.24, 2.45) is 0 Å². The van der Waals surface area contributed by atoms with Crippen LogP contribution in [0, 0.1) is 0 Å². The Morgan fingerprint density at radius 1 is 1.24 bits per heavy atom. The molecule has 1 N–H and O–H groups in total. The Labute approximate surface area is 110 Å². The maximum atomic E-state index is 5.92. The Hall–Kier alpha value is -1.32. The number of hydrazine groups is 1. The number of benzene rings is 1. The van der Waals surface area contributed by atoms with Gasteiger partial charge in [-0.25, -0.2) is 0 Å². The van der Waals surface area contributed by atoms with Gasteiger partial charge in [0.15, 0.2) is 0 Å². The van der Waals surface area contributed by atoms with Gasteiger partial charge in [0.05, 0.1) is 18.7 Å². The molecule has 1 aliphatic heterocycles. The Morgan fingerprint density at radius 2 is 1.94 bits per heavy atom. The molecule has 2 rings (SSSR count). The molecule has 1 aromatic carbocycles. The second-order valence-electron chi connectivity index (χ2n) is 3.59. The van der Waals surface area contributed by atoms with E-state index >= 15 is 0 Å². The van der Waals surface area contributed by atoms with Gasteiger partial charge in [0.25, 0.3) is 0 Å². The average molecular weight is 271 g/mol. The zero-order chi connectivity index (χ0) is 12.3. The Kier molecular flexibility index (Phi) is 3.82. The van der Waals surface area contributed by atoms with Crippen LogP contribution in [-0.4, -0.2) is 12.1 Å². The summed E-state index contributed by atoms with van der Waals surface area (Å²) < 4.78 is 5.10. The van der Waals surface area contributed by atoms with Gasteiger partial charge in [-0.05, 0) is 23.8 Å². The van der Waals surface area contributed by atoms with Gasteiger partial charge < -0.3 is 4.74 Å². The van der Waals surface area contributed by atoms with Crippen LogP contribution in [0.4, 0.5) is 0 Å². The quantitative estimate of drug-likeness (QED) is 0.854. The van der Waals surface area contributed by atoms with E-state index in [0.717, 1.165) is 11.3 Å². The Balaban J connectivity index is 2.04. The molecule has 1 heterocycles. The zero-order valence-electron chi connectivity index (χ0n) is 9.28. The second kappa shape index (κ2) is 5.34. The third-order valence-corrected chi connectivity index (χ3v) is 2.71. The molecule has 0 aliphatic carbocycles. The minimum absolute atomic E-state index is 0.506. The number of allylic oxidation sites excluding steroid dienone is 2. The fourth-order valence-corrected chi connectivity index (χ4v) is 2.03. The van der Waals surface area contributed by atoms with Gasteiger partial charge in [0.1, 0.15) is 10.9 Å². The lowest BCUT2D eigenvalue weighted by molar-refractivity contribution is 0.298.